The zero-order chi connectivity index (χ0) is 12.8. The van der Waals surface area contributed by atoms with E-state index in [2.05, 4.69) is 0 Å². The van der Waals surface area contributed by atoms with Crippen LogP contribution in [-0.4, -0.2) is 54.5 Å². The van der Waals surface area contributed by atoms with Gasteiger partial charge in [0.05, 0.1) is 32.3 Å². The average Bonchev–Trinajstić information content (AvgIpc) is 2.25. The molecule has 0 bridgehead atoms. The van der Waals surface area contributed by atoms with E-state index in [1.165, 1.54) is 4.90 Å². The number of nitrogens with zero attached hydrogens (tertiary/aromatic N) is 1. The molecule has 1 fully saturated rings. The Labute approximate surface area is 100 Å². The number of aliphatic carboxylic acids is 1. The molecule has 1 saturated heterocycles. The monoisotopic (exact) mass is 245 g/mol. The highest BCUT2D eigenvalue weighted by atomic mass is 16.6. The number of hydrogen-bond acceptors (Lipinski definition) is 4. The van der Waals surface area contributed by atoms with Crippen LogP contribution in [-0.2, 0) is 14.3 Å². The van der Waals surface area contributed by atoms with Gasteiger partial charge in [-0.1, -0.05) is 13.8 Å². The number of morpholine rings is 1. The number of carbonyl (C=O) groups is 2. The summed E-state index contributed by atoms with van der Waals surface area (Å²) in [5.41, 5.74) is 0. The Kier molecular flexibility index (Phi) is 5.21. The van der Waals surface area contributed by atoms with E-state index in [-0.39, 0.29) is 18.9 Å². The highest BCUT2D eigenvalue weighted by molar-refractivity contribution is 5.71. The van der Waals surface area contributed by atoms with Gasteiger partial charge in [-0.3, -0.25) is 4.79 Å². The van der Waals surface area contributed by atoms with Crippen LogP contribution in [0.2, 0.25) is 0 Å². The van der Waals surface area contributed by atoms with Crippen molar-refractivity contribution in [3.63, 3.8) is 0 Å². The average molecular weight is 245 g/mol. The number of ether oxygens (including phenoxy) is 2. The Morgan fingerprint density at radius 1 is 1.53 bits per heavy atom. The third-order valence-electron chi connectivity index (χ3n) is 2.41. The topological polar surface area (TPSA) is 76.1 Å². The molecule has 17 heavy (non-hydrogen) atoms. The van der Waals surface area contributed by atoms with Crippen molar-refractivity contribution in [3.8, 4) is 0 Å². The zero-order valence-corrected chi connectivity index (χ0v) is 10.2. The van der Waals surface area contributed by atoms with Gasteiger partial charge < -0.3 is 19.5 Å². The molecule has 1 aliphatic heterocycles. The molecule has 1 heterocycles. The lowest BCUT2D eigenvalue weighted by atomic mass is 10.2. The van der Waals surface area contributed by atoms with Crippen molar-refractivity contribution in [1.29, 1.82) is 0 Å². The van der Waals surface area contributed by atoms with E-state index in [0.29, 0.717) is 19.8 Å². The predicted octanol–water partition coefficient (Wildman–Crippen LogP) is 0.954. The van der Waals surface area contributed by atoms with Crippen molar-refractivity contribution in [3.05, 3.63) is 0 Å². The smallest absolute Gasteiger partial charge is 0.410 e. The zero-order valence-electron chi connectivity index (χ0n) is 10.2. The van der Waals surface area contributed by atoms with Gasteiger partial charge in [0, 0.05) is 6.54 Å². The number of hydrogen-bond donors (Lipinski definition) is 1. The molecule has 1 rings (SSSR count). The summed E-state index contributed by atoms with van der Waals surface area (Å²) in [7, 11) is 0. The Balaban J connectivity index is 2.51. The second kappa shape index (κ2) is 6.44. The van der Waals surface area contributed by atoms with Gasteiger partial charge in [0.1, 0.15) is 0 Å². The third-order valence-corrected chi connectivity index (χ3v) is 2.41. The fraction of sp³-hybridized carbons (Fsp3) is 0.818. The first-order valence-corrected chi connectivity index (χ1v) is 5.73. The van der Waals surface area contributed by atoms with Crippen molar-refractivity contribution in [1.82, 2.24) is 4.90 Å². The molecule has 6 heteroatoms. The lowest BCUT2D eigenvalue weighted by Crippen LogP contribution is -2.49. The molecule has 1 amide bonds. The highest BCUT2D eigenvalue weighted by Crippen LogP contribution is 2.12. The van der Waals surface area contributed by atoms with Crippen LogP contribution in [0.5, 0.6) is 0 Å². The molecule has 0 radical (unpaired) electrons. The lowest BCUT2D eigenvalue weighted by molar-refractivity contribution is -0.139. The van der Waals surface area contributed by atoms with E-state index in [1.54, 1.807) is 0 Å². The van der Waals surface area contributed by atoms with Gasteiger partial charge in [-0.2, -0.15) is 0 Å². The van der Waals surface area contributed by atoms with E-state index in [4.69, 9.17) is 14.6 Å². The molecule has 1 N–H and O–H groups in total. The minimum Gasteiger partial charge on any atom is -0.481 e. The second-order valence-electron chi connectivity index (χ2n) is 4.49. The molecule has 0 aromatic carbocycles. The molecule has 1 aliphatic rings. The van der Waals surface area contributed by atoms with Crippen LogP contribution < -0.4 is 0 Å². The molecule has 0 aromatic rings. The van der Waals surface area contributed by atoms with Crippen molar-refractivity contribution in [2.45, 2.75) is 26.3 Å². The minimum atomic E-state index is -0.942. The summed E-state index contributed by atoms with van der Waals surface area (Å²) >= 11 is 0. The third kappa shape index (κ3) is 4.60. The van der Waals surface area contributed by atoms with Gasteiger partial charge in [0.2, 0.25) is 0 Å². The van der Waals surface area contributed by atoms with Gasteiger partial charge >= 0.3 is 12.1 Å². The van der Waals surface area contributed by atoms with Crippen LogP contribution in [0.4, 0.5) is 4.79 Å². The molecule has 0 aromatic heterocycles. The summed E-state index contributed by atoms with van der Waals surface area (Å²) in [6.45, 7) is 5.30. The quantitative estimate of drug-likeness (QED) is 0.798. The van der Waals surface area contributed by atoms with Crippen LogP contribution in [0.3, 0.4) is 0 Å². The molecule has 0 saturated carbocycles. The maximum Gasteiger partial charge on any atom is 0.410 e. The van der Waals surface area contributed by atoms with Gasteiger partial charge in [-0.15, -0.1) is 0 Å². The molecular weight excluding hydrogens is 226 g/mol. The SMILES string of the molecule is CC(C)COC(=O)N1CCOCC1CC(=O)O. The molecule has 1 unspecified atom stereocenters. The van der Waals surface area contributed by atoms with E-state index in [1.807, 2.05) is 13.8 Å². The van der Waals surface area contributed by atoms with E-state index in [9.17, 15) is 9.59 Å². The number of carbonyl (C=O) groups excluding carboxylic acids is 1. The van der Waals surface area contributed by atoms with Crippen LogP contribution >= 0.6 is 0 Å². The van der Waals surface area contributed by atoms with Crippen molar-refractivity contribution in [2.24, 2.45) is 5.92 Å². The first kappa shape index (κ1) is 13.8. The first-order chi connectivity index (χ1) is 8.00. The molecule has 0 spiro atoms. The Morgan fingerprint density at radius 2 is 2.24 bits per heavy atom. The van der Waals surface area contributed by atoms with E-state index >= 15 is 0 Å². The summed E-state index contributed by atoms with van der Waals surface area (Å²) in [4.78, 5) is 23.9. The minimum absolute atomic E-state index is 0.114. The number of rotatable bonds is 4. The Hall–Kier alpha value is -1.30. The standard InChI is InChI=1S/C11H19NO5/c1-8(2)6-17-11(15)12-3-4-16-7-9(12)5-10(13)14/h8-9H,3-7H2,1-2H3,(H,13,14). The van der Waals surface area contributed by atoms with Gasteiger partial charge in [0.25, 0.3) is 0 Å². The first-order valence-electron chi connectivity index (χ1n) is 5.73. The molecule has 1 atom stereocenters. The number of carboxylic acid groups (broad SMARTS) is 1. The van der Waals surface area contributed by atoms with Gasteiger partial charge in [-0.05, 0) is 5.92 Å². The van der Waals surface area contributed by atoms with Crippen molar-refractivity contribution in [2.75, 3.05) is 26.4 Å². The van der Waals surface area contributed by atoms with Crippen LogP contribution in [0, 0.1) is 5.92 Å². The molecule has 6 nitrogen and oxygen atoms in total. The van der Waals surface area contributed by atoms with Crippen LogP contribution in [0.1, 0.15) is 20.3 Å². The summed E-state index contributed by atoms with van der Waals surface area (Å²) in [6.07, 6.45) is -0.565. The van der Waals surface area contributed by atoms with Gasteiger partial charge in [-0.25, -0.2) is 4.79 Å². The largest absolute Gasteiger partial charge is 0.481 e. The van der Waals surface area contributed by atoms with Crippen molar-refractivity contribution >= 4 is 12.1 Å². The van der Waals surface area contributed by atoms with E-state index in [0.717, 1.165) is 0 Å². The molecule has 98 valence electrons. The Bertz CT molecular complexity index is 279. The fourth-order valence-corrected chi connectivity index (χ4v) is 1.59. The molecular formula is C11H19NO5. The fourth-order valence-electron chi connectivity index (χ4n) is 1.59. The van der Waals surface area contributed by atoms with Crippen LogP contribution in [0.15, 0.2) is 0 Å². The molecule has 0 aliphatic carbocycles. The highest BCUT2D eigenvalue weighted by Gasteiger charge is 2.30. The maximum absolute atomic E-state index is 11.7. The normalized spacial score (nSPS) is 20.4. The van der Waals surface area contributed by atoms with Crippen LogP contribution in [0.25, 0.3) is 0 Å². The maximum atomic E-state index is 11.7. The number of carboxylic acids is 1. The summed E-state index contributed by atoms with van der Waals surface area (Å²) in [5, 5.41) is 8.75. The predicted molar refractivity (Wildman–Crippen MR) is 59.8 cm³/mol. The van der Waals surface area contributed by atoms with Crippen molar-refractivity contribution < 1.29 is 24.2 Å². The Morgan fingerprint density at radius 3 is 2.82 bits per heavy atom. The van der Waals surface area contributed by atoms with E-state index < -0.39 is 18.1 Å². The lowest BCUT2D eigenvalue weighted by Gasteiger charge is -2.34. The summed E-state index contributed by atoms with van der Waals surface area (Å²) in [6, 6.07) is -0.430. The van der Waals surface area contributed by atoms with Gasteiger partial charge in [0.15, 0.2) is 0 Å². The second-order valence-corrected chi connectivity index (χ2v) is 4.49. The summed E-state index contributed by atoms with van der Waals surface area (Å²) < 4.78 is 10.3. The summed E-state index contributed by atoms with van der Waals surface area (Å²) in [5.74, 6) is -0.680. The number of amides is 1.